The van der Waals surface area contributed by atoms with Gasteiger partial charge in [-0.15, -0.1) is 0 Å². The van der Waals surface area contributed by atoms with E-state index in [2.05, 4.69) is 0 Å². The summed E-state index contributed by atoms with van der Waals surface area (Å²) < 4.78 is 35.4. The monoisotopic (exact) mass is 194 g/mol. The number of amides is 1. The molecule has 0 aromatic rings. The molecule has 0 aliphatic carbocycles. The van der Waals surface area contributed by atoms with Gasteiger partial charge in [-0.25, -0.2) is 0 Å². The van der Waals surface area contributed by atoms with Crippen LogP contribution in [0.4, 0.5) is 13.2 Å². The van der Waals surface area contributed by atoms with Crippen molar-refractivity contribution in [3.63, 3.8) is 0 Å². The minimum atomic E-state index is -4.40. The summed E-state index contributed by atoms with van der Waals surface area (Å²) >= 11 is 0. The van der Waals surface area contributed by atoms with Gasteiger partial charge in [-0.1, -0.05) is 0 Å². The third kappa shape index (κ3) is 5.06. The van der Waals surface area contributed by atoms with E-state index < -0.39 is 25.0 Å². The molecule has 0 unspecified atom stereocenters. The van der Waals surface area contributed by atoms with E-state index >= 15 is 0 Å². The molecule has 1 amide bonds. The second-order valence-electron chi connectivity index (χ2n) is 2.36. The Morgan fingerprint density at radius 3 is 2.38 bits per heavy atom. The molecule has 0 heterocycles. The highest BCUT2D eigenvalue weighted by Crippen LogP contribution is 2.16. The fourth-order valence-electron chi connectivity index (χ4n) is 0.772. The van der Waals surface area contributed by atoms with Gasteiger partial charge in [-0.3, -0.25) is 4.79 Å². The standard InChI is InChI=1S/C7H9F3N2O/c1-2-12(5-7(8,9)10)6(13)3-4-11/h2-3,5H2,1H3. The number of carbonyl (C=O) groups excluding carboxylic acids is 1. The molecular weight excluding hydrogens is 185 g/mol. The average Bonchev–Trinajstić information content (AvgIpc) is 1.99. The van der Waals surface area contributed by atoms with Gasteiger partial charge >= 0.3 is 6.18 Å². The largest absolute Gasteiger partial charge is 0.406 e. The van der Waals surface area contributed by atoms with E-state index in [9.17, 15) is 18.0 Å². The lowest BCUT2D eigenvalue weighted by Crippen LogP contribution is -2.38. The van der Waals surface area contributed by atoms with Crippen LogP contribution in [0.5, 0.6) is 0 Å². The van der Waals surface area contributed by atoms with E-state index in [4.69, 9.17) is 5.26 Å². The molecule has 0 fully saturated rings. The maximum Gasteiger partial charge on any atom is 0.406 e. The van der Waals surface area contributed by atoms with Crippen LogP contribution in [0.1, 0.15) is 13.3 Å². The molecule has 6 heteroatoms. The number of hydrogen-bond acceptors (Lipinski definition) is 2. The molecule has 0 aromatic carbocycles. The van der Waals surface area contributed by atoms with E-state index in [1.165, 1.54) is 13.0 Å². The third-order valence-electron chi connectivity index (χ3n) is 1.33. The van der Waals surface area contributed by atoms with Crippen molar-refractivity contribution in [1.82, 2.24) is 4.90 Å². The first-order chi connectivity index (χ1) is 5.90. The van der Waals surface area contributed by atoms with Crippen molar-refractivity contribution in [3.8, 4) is 6.07 Å². The molecule has 0 aromatic heterocycles. The van der Waals surface area contributed by atoms with Gasteiger partial charge in [0.05, 0.1) is 6.07 Å². The van der Waals surface area contributed by atoms with E-state index in [1.54, 1.807) is 0 Å². The molecule has 0 radical (unpaired) electrons. The summed E-state index contributed by atoms with van der Waals surface area (Å²) in [5.74, 6) is -0.790. The second-order valence-corrected chi connectivity index (χ2v) is 2.36. The topological polar surface area (TPSA) is 44.1 Å². The SMILES string of the molecule is CCN(CC(F)(F)F)C(=O)CC#N. The predicted octanol–water partition coefficient (Wildman–Crippen LogP) is 1.31. The zero-order chi connectivity index (χ0) is 10.5. The second kappa shape index (κ2) is 4.70. The molecule has 0 atom stereocenters. The first-order valence-electron chi connectivity index (χ1n) is 3.62. The van der Waals surface area contributed by atoms with Gasteiger partial charge in [-0.2, -0.15) is 18.4 Å². The summed E-state index contributed by atoms with van der Waals surface area (Å²) in [6.07, 6.45) is -4.91. The van der Waals surface area contributed by atoms with Crippen LogP contribution in [0.15, 0.2) is 0 Å². The van der Waals surface area contributed by atoms with Gasteiger partial charge in [0.15, 0.2) is 0 Å². The fraction of sp³-hybridized carbons (Fsp3) is 0.714. The first-order valence-corrected chi connectivity index (χ1v) is 3.62. The highest BCUT2D eigenvalue weighted by atomic mass is 19.4. The number of halogens is 3. The van der Waals surface area contributed by atoms with E-state index in [-0.39, 0.29) is 6.54 Å². The Bertz CT molecular complexity index is 219. The van der Waals surface area contributed by atoms with Crippen LogP contribution in [0.2, 0.25) is 0 Å². The fourth-order valence-corrected chi connectivity index (χ4v) is 0.772. The van der Waals surface area contributed by atoms with E-state index in [0.29, 0.717) is 4.90 Å². The number of alkyl halides is 3. The minimum absolute atomic E-state index is 0.0416. The van der Waals surface area contributed by atoms with Gasteiger partial charge < -0.3 is 4.90 Å². The molecule has 0 bridgehead atoms. The van der Waals surface area contributed by atoms with Crippen LogP contribution in [0.25, 0.3) is 0 Å². The number of hydrogen-bond donors (Lipinski definition) is 0. The highest BCUT2D eigenvalue weighted by molar-refractivity contribution is 5.78. The van der Waals surface area contributed by atoms with E-state index in [1.807, 2.05) is 0 Å². The zero-order valence-electron chi connectivity index (χ0n) is 7.06. The van der Waals surface area contributed by atoms with Crippen LogP contribution in [-0.2, 0) is 4.79 Å². The van der Waals surface area contributed by atoms with Gasteiger partial charge in [-0.05, 0) is 6.92 Å². The summed E-state index contributed by atoms with van der Waals surface area (Å²) in [6.45, 7) is 0.102. The number of carbonyl (C=O) groups is 1. The van der Waals surface area contributed by atoms with Crippen molar-refractivity contribution in [3.05, 3.63) is 0 Å². The normalized spacial score (nSPS) is 10.7. The maximum atomic E-state index is 11.8. The average molecular weight is 194 g/mol. The molecule has 74 valence electrons. The Kier molecular flexibility index (Phi) is 4.25. The highest BCUT2D eigenvalue weighted by Gasteiger charge is 2.31. The maximum absolute atomic E-state index is 11.8. The summed E-state index contributed by atoms with van der Waals surface area (Å²) in [5.41, 5.74) is 0. The number of nitrogens with zero attached hydrogens (tertiary/aromatic N) is 2. The van der Waals surface area contributed by atoms with Crippen molar-refractivity contribution in [1.29, 1.82) is 5.26 Å². The van der Waals surface area contributed by atoms with Crippen molar-refractivity contribution in [2.75, 3.05) is 13.1 Å². The van der Waals surface area contributed by atoms with Gasteiger partial charge in [0.25, 0.3) is 0 Å². The smallest absolute Gasteiger partial charge is 0.333 e. The van der Waals surface area contributed by atoms with Crippen LogP contribution >= 0.6 is 0 Å². The van der Waals surface area contributed by atoms with Crippen molar-refractivity contribution in [2.45, 2.75) is 19.5 Å². The molecular formula is C7H9F3N2O. The molecule has 0 saturated heterocycles. The molecule has 0 saturated carbocycles. The Hall–Kier alpha value is -1.25. The summed E-state index contributed by atoms with van der Waals surface area (Å²) in [5, 5.41) is 8.10. The quantitative estimate of drug-likeness (QED) is 0.679. The lowest BCUT2D eigenvalue weighted by atomic mass is 10.3. The van der Waals surface area contributed by atoms with Gasteiger partial charge in [0.2, 0.25) is 5.91 Å². The number of rotatable bonds is 3. The molecule has 0 aliphatic heterocycles. The van der Waals surface area contributed by atoms with Crippen LogP contribution in [-0.4, -0.2) is 30.1 Å². The minimum Gasteiger partial charge on any atom is -0.333 e. The van der Waals surface area contributed by atoms with Crippen molar-refractivity contribution < 1.29 is 18.0 Å². The summed E-state index contributed by atoms with van der Waals surface area (Å²) in [7, 11) is 0. The van der Waals surface area contributed by atoms with Crippen LogP contribution in [0.3, 0.4) is 0 Å². The lowest BCUT2D eigenvalue weighted by molar-refractivity contribution is -0.160. The Labute approximate surface area is 73.7 Å². The van der Waals surface area contributed by atoms with E-state index in [0.717, 1.165) is 0 Å². The zero-order valence-corrected chi connectivity index (χ0v) is 7.06. The molecule has 0 aliphatic rings. The molecule has 3 nitrogen and oxygen atoms in total. The first kappa shape index (κ1) is 11.8. The molecule has 13 heavy (non-hydrogen) atoms. The van der Waals surface area contributed by atoms with Gasteiger partial charge in [0.1, 0.15) is 13.0 Å². The van der Waals surface area contributed by atoms with Crippen molar-refractivity contribution >= 4 is 5.91 Å². The Morgan fingerprint density at radius 2 is 2.08 bits per heavy atom. The number of nitriles is 1. The van der Waals surface area contributed by atoms with Crippen LogP contribution < -0.4 is 0 Å². The van der Waals surface area contributed by atoms with Crippen molar-refractivity contribution in [2.24, 2.45) is 0 Å². The van der Waals surface area contributed by atoms with Crippen LogP contribution in [0, 0.1) is 11.3 Å². The van der Waals surface area contributed by atoms with Gasteiger partial charge in [0, 0.05) is 6.54 Å². The summed E-state index contributed by atoms with van der Waals surface area (Å²) in [4.78, 5) is 11.5. The predicted molar refractivity (Wildman–Crippen MR) is 38.5 cm³/mol. The Morgan fingerprint density at radius 1 is 1.54 bits per heavy atom. The third-order valence-corrected chi connectivity index (χ3v) is 1.33. The summed E-state index contributed by atoms with van der Waals surface area (Å²) in [6, 6.07) is 1.51. The molecule has 0 N–H and O–H groups in total. The Balaban J connectivity index is 4.20. The molecule has 0 rings (SSSR count). The molecule has 0 spiro atoms. The lowest BCUT2D eigenvalue weighted by Gasteiger charge is -2.20.